The van der Waals surface area contributed by atoms with Crippen molar-refractivity contribution >= 4 is 34.8 Å². The average Bonchev–Trinajstić information content (AvgIpc) is 2.44. The molecule has 0 aliphatic carbocycles. The topological polar surface area (TPSA) is 0 Å². The van der Waals surface area contributed by atoms with Crippen LogP contribution in [0.3, 0.4) is 0 Å². The van der Waals surface area contributed by atoms with Crippen LogP contribution in [-0.4, -0.2) is 27.6 Å². The fraction of sp³-hybridized carbons (Fsp3) is 0.222. The molecule has 0 amide bonds. The van der Waals surface area contributed by atoms with Crippen molar-refractivity contribution in [3.8, 4) is 11.5 Å². The minimum atomic E-state index is -1.54. The first-order valence-corrected chi connectivity index (χ1v) is 14.4. The Morgan fingerprint density at radius 3 is 1.65 bits per heavy atom. The summed E-state index contributed by atoms with van der Waals surface area (Å²) in [6.45, 7) is 6.93. The van der Waals surface area contributed by atoms with E-state index in [1.54, 1.807) is 0 Å². The third-order valence-electron chi connectivity index (χ3n) is 2.74. The van der Waals surface area contributed by atoms with Crippen molar-refractivity contribution < 1.29 is 0 Å². The van der Waals surface area contributed by atoms with Crippen LogP contribution in [0.2, 0.25) is 24.1 Å². The van der Waals surface area contributed by atoms with E-state index in [9.17, 15) is 0 Å². The summed E-state index contributed by atoms with van der Waals surface area (Å²) in [5.74, 6) is 3.51. The normalized spacial score (nSPS) is 11.0. The van der Waals surface area contributed by atoms with Crippen LogP contribution in [0.25, 0.3) is 0 Å². The van der Waals surface area contributed by atoms with Crippen molar-refractivity contribution in [3.05, 3.63) is 60.7 Å². The Bertz CT molecular complexity index is 549. The van der Waals surface area contributed by atoms with Crippen LogP contribution in [0, 0.1) is 11.5 Å². The van der Waals surface area contributed by atoms with Crippen LogP contribution in [-0.2, 0) is 0 Å². The fourth-order valence-corrected chi connectivity index (χ4v) is 7.98. The molecule has 0 bridgehead atoms. The maximum absolute atomic E-state index is 3.52. The molecule has 0 unspecified atom stereocenters. The standard InChI is InChI=1S/C18H21SiTe/c1-19(2,3)15-10-16-20(17-11-6-4-7-12-17)18-13-8-5-9-14-18/h4-9,11-14H,16H2,1-3H3/q+1. The van der Waals surface area contributed by atoms with E-state index in [0.29, 0.717) is 0 Å². The second-order valence-corrected chi connectivity index (χ2v) is 16.2. The van der Waals surface area contributed by atoms with Gasteiger partial charge in [-0.3, -0.25) is 0 Å². The molecular formula is C18H21SiTe+. The summed E-state index contributed by atoms with van der Waals surface area (Å²) < 4.78 is 4.11. The molecule has 0 fully saturated rings. The van der Waals surface area contributed by atoms with Gasteiger partial charge < -0.3 is 0 Å². The summed E-state index contributed by atoms with van der Waals surface area (Å²) in [6, 6.07) is 21.9. The van der Waals surface area contributed by atoms with E-state index in [4.69, 9.17) is 0 Å². The molecule has 0 aliphatic rings. The Kier molecular flexibility index (Phi) is 5.50. The van der Waals surface area contributed by atoms with Crippen molar-refractivity contribution in [2.75, 3.05) is 0 Å². The van der Waals surface area contributed by atoms with Gasteiger partial charge in [-0.05, 0) is 0 Å². The summed E-state index contributed by atoms with van der Waals surface area (Å²) in [6.07, 6.45) is 0. The second-order valence-electron chi connectivity index (χ2n) is 5.71. The predicted molar refractivity (Wildman–Crippen MR) is 93.8 cm³/mol. The van der Waals surface area contributed by atoms with Crippen LogP contribution >= 0.6 is 0 Å². The van der Waals surface area contributed by atoms with Crippen molar-refractivity contribution in [1.29, 1.82) is 0 Å². The molecule has 0 aliphatic heterocycles. The van der Waals surface area contributed by atoms with Crippen molar-refractivity contribution in [1.82, 2.24) is 0 Å². The van der Waals surface area contributed by atoms with E-state index < -0.39 is 27.6 Å². The van der Waals surface area contributed by atoms with Gasteiger partial charge in [0.15, 0.2) is 0 Å². The van der Waals surface area contributed by atoms with Gasteiger partial charge in [0.25, 0.3) is 0 Å². The van der Waals surface area contributed by atoms with Gasteiger partial charge >= 0.3 is 131 Å². The summed E-state index contributed by atoms with van der Waals surface area (Å²) in [7, 11) is -1.26. The van der Waals surface area contributed by atoms with Crippen molar-refractivity contribution in [3.63, 3.8) is 0 Å². The Balaban J connectivity index is 2.28. The van der Waals surface area contributed by atoms with E-state index in [-0.39, 0.29) is 0 Å². The molecule has 2 heteroatoms. The van der Waals surface area contributed by atoms with E-state index in [1.807, 2.05) is 0 Å². The monoisotopic (exact) mass is 395 g/mol. The number of rotatable bonds is 3. The predicted octanol–water partition coefficient (Wildman–Crippen LogP) is 3.18. The first-order chi connectivity index (χ1) is 9.56. The number of hydrogen-bond donors (Lipinski definition) is 0. The molecule has 0 radical (unpaired) electrons. The molecule has 2 aromatic carbocycles. The SMILES string of the molecule is C[Si](C)(C)C#CC[Te+](c1ccccc1)c1ccccc1. The van der Waals surface area contributed by atoms with E-state index in [2.05, 4.69) is 91.8 Å². The van der Waals surface area contributed by atoms with Gasteiger partial charge in [-0.2, -0.15) is 0 Å². The quantitative estimate of drug-likeness (QED) is 0.556. The summed E-state index contributed by atoms with van der Waals surface area (Å²) in [4.78, 5) is 0. The summed E-state index contributed by atoms with van der Waals surface area (Å²) >= 11 is -1.54. The maximum atomic E-state index is 3.52. The van der Waals surface area contributed by atoms with Gasteiger partial charge in [-0.25, -0.2) is 0 Å². The molecule has 0 saturated heterocycles. The molecule has 2 rings (SSSR count). The van der Waals surface area contributed by atoms with Gasteiger partial charge in [0.1, 0.15) is 0 Å². The van der Waals surface area contributed by atoms with Gasteiger partial charge in [0.05, 0.1) is 0 Å². The Labute approximate surface area is 130 Å². The summed E-state index contributed by atoms with van der Waals surface area (Å²) in [5, 5.41) is 0. The van der Waals surface area contributed by atoms with Crippen molar-refractivity contribution in [2.24, 2.45) is 0 Å². The van der Waals surface area contributed by atoms with Crippen molar-refractivity contribution in [2.45, 2.75) is 24.1 Å². The molecule has 0 nitrogen and oxygen atoms in total. The van der Waals surface area contributed by atoms with Crippen LogP contribution in [0.5, 0.6) is 0 Å². The molecule has 0 aromatic heterocycles. The first-order valence-electron chi connectivity index (χ1n) is 6.87. The molecule has 0 spiro atoms. The minimum absolute atomic E-state index is 1.07. The van der Waals surface area contributed by atoms with E-state index in [0.717, 1.165) is 4.47 Å². The average molecular weight is 393 g/mol. The van der Waals surface area contributed by atoms with Gasteiger partial charge in [-0.1, -0.05) is 0 Å². The molecule has 0 saturated carbocycles. The zero-order valence-corrected chi connectivity index (χ0v) is 15.7. The third-order valence-corrected chi connectivity index (χ3v) is 9.70. The Morgan fingerprint density at radius 2 is 1.25 bits per heavy atom. The molecule has 0 heterocycles. The van der Waals surface area contributed by atoms with Gasteiger partial charge in [0, 0.05) is 0 Å². The van der Waals surface area contributed by atoms with Gasteiger partial charge in [-0.15, -0.1) is 0 Å². The van der Waals surface area contributed by atoms with Crippen LogP contribution in [0.15, 0.2) is 60.7 Å². The molecular weight excluding hydrogens is 372 g/mol. The number of benzene rings is 2. The van der Waals surface area contributed by atoms with Crippen LogP contribution in [0.1, 0.15) is 0 Å². The Morgan fingerprint density at radius 1 is 0.800 bits per heavy atom. The van der Waals surface area contributed by atoms with Gasteiger partial charge in [0.2, 0.25) is 0 Å². The molecule has 0 atom stereocenters. The zero-order valence-electron chi connectivity index (χ0n) is 12.4. The fourth-order valence-electron chi connectivity index (χ4n) is 1.85. The van der Waals surface area contributed by atoms with E-state index in [1.165, 1.54) is 7.22 Å². The zero-order chi connectivity index (χ0) is 14.4. The summed E-state index contributed by atoms with van der Waals surface area (Å²) in [5.41, 5.74) is 3.52. The Hall–Kier alpha value is -0.994. The van der Waals surface area contributed by atoms with Crippen LogP contribution < -0.4 is 7.22 Å². The molecule has 0 N–H and O–H groups in total. The molecule has 20 heavy (non-hydrogen) atoms. The van der Waals surface area contributed by atoms with E-state index >= 15 is 0 Å². The third kappa shape index (κ3) is 4.84. The first kappa shape index (κ1) is 15.4. The number of hydrogen-bond acceptors (Lipinski definition) is 0. The van der Waals surface area contributed by atoms with Crippen LogP contribution in [0.4, 0.5) is 0 Å². The molecule has 102 valence electrons. The molecule has 2 aromatic rings. The second kappa shape index (κ2) is 7.14.